The zero-order valence-electron chi connectivity index (χ0n) is 18.0. The minimum Gasteiger partial charge on any atom is -0.166 e. The Balaban J connectivity index is 1.96. The molecule has 0 aliphatic heterocycles. The van der Waals surface area contributed by atoms with Crippen molar-refractivity contribution in [1.29, 1.82) is 0 Å². The maximum absolute atomic E-state index is 13.2. The molecular weight excluding hydrogens is 417 g/mol. The molecule has 0 saturated carbocycles. The topological polar surface area (TPSA) is 0 Å². The van der Waals surface area contributed by atoms with Crippen LogP contribution in [-0.4, -0.2) is 0 Å². The van der Waals surface area contributed by atoms with E-state index in [2.05, 4.69) is 11.8 Å². The van der Waals surface area contributed by atoms with Crippen LogP contribution in [0.25, 0.3) is 11.1 Å². The minimum absolute atomic E-state index is 0.672. The Morgan fingerprint density at radius 2 is 1.12 bits per heavy atom. The highest BCUT2D eigenvalue weighted by molar-refractivity contribution is 6.04. The number of alkyl halides is 3. The van der Waals surface area contributed by atoms with Crippen molar-refractivity contribution in [1.82, 2.24) is 0 Å². The first-order valence-corrected chi connectivity index (χ1v) is 10.5. The van der Waals surface area contributed by atoms with E-state index in [-0.39, 0.29) is 0 Å². The van der Waals surface area contributed by atoms with Gasteiger partial charge in [0.2, 0.25) is 0 Å². The van der Waals surface area contributed by atoms with Crippen LogP contribution in [0.1, 0.15) is 33.4 Å². The molecule has 0 N–H and O–H groups in total. The van der Waals surface area contributed by atoms with E-state index >= 15 is 0 Å². The van der Waals surface area contributed by atoms with Crippen molar-refractivity contribution in [3.05, 3.63) is 143 Å². The first-order chi connectivity index (χ1) is 15.9. The molecule has 0 bridgehead atoms. The summed E-state index contributed by atoms with van der Waals surface area (Å²) in [4.78, 5) is 0. The largest absolute Gasteiger partial charge is 0.416 e. The molecule has 0 heterocycles. The fourth-order valence-corrected chi connectivity index (χ4v) is 3.54. The van der Waals surface area contributed by atoms with Gasteiger partial charge in [0, 0.05) is 16.7 Å². The summed E-state index contributed by atoms with van der Waals surface area (Å²) < 4.78 is 39.5. The van der Waals surface area contributed by atoms with Crippen molar-refractivity contribution in [2.75, 3.05) is 0 Å². The molecule has 4 aromatic rings. The van der Waals surface area contributed by atoms with Gasteiger partial charge in [-0.1, -0.05) is 102 Å². The Kier molecular flexibility index (Phi) is 6.47. The zero-order valence-corrected chi connectivity index (χ0v) is 18.0. The number of rotatable bonds is 3. The van der Waals surface area contributed by atoms with E-state index in [1.807, 2.05) is 91.9 Å². The molecular formula is C30H21F3. The summed E-state index contributed by atoms with van der Waals surface area (Å²) in [5, 5.41) is 0. The predicted octanol–water partition coefficient (Wildman–Crippen LogP) is 8.02. The van der Waals surface area contributed by atoms with E-state index in [0.29, 0.717) is 5.56 Å². The lowest BCUT2D eigenvalue weighted by molar-refractivity contribution is -0.137. The number of allylic oxidation sites excluding steroid dienone is 1. The Hall–Kier alpha value is -4.03. The van der Waals surface area contributed by atoms with Gasteiger partial charge in [-0.15, -0.1) is 0 Å². The third-order valence-electron chi connectivity index (χ3n) is 5.26. The van der Waals surface area contributed by atoms with Crippen LogP contribution in [0.3, 0.4) is 0 Å². The minimum atomic E-state index is -4.39. The normalized spacial score (nSPS) is 11.9. The summed E-state index contributed by atoms with van der Waals surface area (Å²) in [6.45, 7) is 2.02. The van der Waals surface area contributed by atoms with Crippen molar-refractivity contribution in [2.24, 2.45) is 0 Å². The molecule has 0 unspecified atom stereocenters. The lowest BCUT2D eigenvalue weighted by Crippen LogP contribution is -2.04. The first kappa shape index (κ1) is 22.2. The highest BCUT2D eigenvalue weighted by Gasteiger charge is 2.30. The molecule has 162 valence electrons. The van der Waals surface area contributed by atoms with E-state index in [4.69, 9.17) is 0 Å². The van der Waals surface area contributed by atoms with Gasteiger partial charge in [-0.2, -0.15) is 13.2 Å². The molecule has 3 heteroatoms. The monoisotopic (exact) mass is 438 g/mol. The van der Waals surface area contributed by atoms with Crippen LogP contribution in [0.5, 0.6) is 0 Å². The molecule has 0 fully saturated rings. The second-order valence-electron chi connectivity index (χ2n) is 7.67. The third kappa shape index (κ3) is 5.42. The number of aryl methyl sites for hydroxylation is 1. The number of benzene rings is 4. The molecule has 0 radical (unpaired) electrons. The molecule has 0 aromatic heterocycles. The van der Waals surface area contributed by atoms with Crippen molar-refractivity contribution in [2.45, 2.75) is 13.1 Å². The maximum atomic E-state index is 13.2. The Morgan fingerprint density at radius 3 is 1.67 bits per heavy atom. The number of halogens is 3. The molecule has 4 aromatic carbocycles. The average molecular weight is 438 g/mol. The first-order valence-electron chi connectivity index (χ1n) is 10.5. The van der Waals surface area contributed by atoms with Crippen LogP contribution in [-0.2, 0) is 6.18 Å². The van der Waals surface area contributed by atoms with Crippen molar-refractivity contribution in [3.63, 3.8) is 0 Å². The SMILES string of the molecule is Cc1ccc(C#C/C(=C(/c2ccccc2)c2ccc(C(F)(F)F)cc2)c2ccccc2)cc1. The summed E-state index contributed by atoms with van der Waals surface area (Å²) >= 11 is 0. The third-order valence-corrected chi connectivity index (χ3v) is 5.26. The number of hydrogen-bond acceptors (Lipinski definition) is 0. The fourth-order valence-electron chi connectivity index (χ4n) is 3.54. The maximum Gasteiger partial charge on any atom is 0.416 e. The van der Waals surface area contributed by atoms with Gasteiger partial charge < -0.3 is 0 Å². The van der Waals surface area contributed by atoms with Gasteiger partial charge in [-0.3, -0.25) is 0 Å². The molecule has 0 atom stereocenters. The molecule has 4 rings (SSSR count). The van der Waals surface area contributed by atoms with E-state index in [0.717, 1.165) is 45.5 Å². The van der Waals surface area contributed by atoms with Gasteiger partial charge in [0.05, 0.1) is 5.56 Å². The summed E-state index contributed by atoms with van der Waals surface area (Å²) in [5.41, 5.74) is 5.34. The molecule has 0 spiro atoms. The highest BCUT2D eigenvalue weighted by atomic mass is 19.4. The van der Waals surface area contributed by atoms with Crippen LogP contribution in [0.15, 0.2) is 109 Å². The second-order valence-corrected chi connectivity index (χ2v) is 7.67. The molecule has 0 amide bonds. The van der Waals surface area contributed by atoms with Crippen LogP contribution < -0.4 is 0 Å². The van der Waals surface area contributed by atoms with E-state index in [1.165, 1.54) is 12.1 Å². The Morgan fingerprint density at radius 1 is 0.606 bits per heavy atom. The van der Waals surface area contributed by atoms with Gasteiger partial charge in [0.15, 0.2) is 0 Å². The van der Waals surface area contributed by atoms with E-state index in [1.54, 1.807) is 0 Å². The van der Waals surface area contributed by atoms with Crippen LogP contribution in [0.2, 0.25) is 0 Å². The van der Waals surface area contributed by atoms with Crippen LogP contribution >= 0.6 is 0 Å². The predicted molar refractivity (Wildman–Crippen MR) is 128 cm³/mol. The molecule has 33 heavy (non-hydrogen) atoms. The number of hydrogen-bond donors (Lipinski definition) is 0. The summed E-state index contributed by atoms with van der Waals surface area (Å²) in [5.74, 6) is 6.56. The summed E-state index contributed by atoms with van der Waals surface area (Å²) in [6, 6.07) is 32.5. The standard InChI is InChI=1S/C30H21F3/c1-22-12-14-23(15-13-22)16-21-28(24-8-4-2-5-9-24)29(25-10-6-3-7-11-25)26-17-19-27(20-18-26)30(31,32)33/h2-15,17-20H,1H3/b29-28+. The zero-order chi connectivity index (χ0) is 23.3. The quantitative estimate of drug-likeness (QED) is 0.224. The highest BCUT2D eigenvalue weighted by Crippen LogP contribution is 2.35. The Labute approximate surface area is 192 Å². The van der Waals surface area contributed by atoms with Crippen LogP contribution in [0, 0.1) is 18.8 Å². The van der Waals surface area contributed by atoms with Crippen molar-refractivity contribution < 1.29 is 13.2 Å². The second kappa shape index (κ2) is 9.63. The summed E-state index contributed by atoms with van der Waals surface area (Å²) in [7, 11) is 0. The van der Waals surface area contributed by atoms with E-state index < -0.39 is 11.7 Å². The van der Waals surface area contributed by atoms with Crippen molar-refractivity contribution >= 4 is 11.1 Å². The lowest BCUT2D eigenvalue weighted by Gasteiger charge is -2.15. The fraction of sp³-hybridized carbons (Fsp3) is 0.0667. The molecule has 0 nitrogen and oxygen atoms in total. The van der Waals surface area contributed by atoms with Gasteiger partial charge in [-0.05, 0) is 47.9 Å². The van der Waals surface area contributed by atoms with Crippen LogP contribution in [0.4, 0.5) is 13.2 Å². The Bertz CT molecular complexity index is 1300. The van der Waals surface area contributed by atoms with Crippen molar-refractivity contribution in [3.8, 4) is 11.8 Å². The smallest absolute Gasteiger partial charge is 0.166 e. The summed E-state index contributed by atoms with van der Waals surface area (Å²) in [6.07, 6.45) is -4.39. The molecule has 0 aliphatic carbocycles. The van der Waals surface area contributed by atoms with Gasteiger partial charge >= 0.3 is 6.18 Å². The van der Waals surface area contributed by atoms with Gasteiger partial charge in [0.25, 0.3) is 0 Å². The average Bonchev–Trinajstić information content (AvgIpc) is 2.83. The van der Waals surface area contributed by atoms with Gasteiger partial charge in [-0.25, -0.2) is 0 Å². The molecule has 0 saturated heterocycles. The molecule has 0 aliphatic rings. The lowest BCUT2D eigenvalue weighted by atomic mass is 9.89. The van der Waals surface area contributed by atoms with Gasteiger partial charge in [0.1, 0.15) is 0 Å². The van der Waals surface area contributed by atoms with E-state index in [9.17, 15) is 13.2 Å².